The Bertz CT molecular complexity index is 848. The predicted molar refractivity (Wildman–Crippen MR) is 108 cm³/mol. The van der Waals surface area contributed by atoms with Gasteiger partial charge in [0.2, 0.25) is 0 Å². The molecule has 132 valence electrons. The van der Waals surface area contributed by atoms with Crippen LogP contribution in [0.3, 0.4) is 0 Å². The third kappa shape index (κ3) is 5.67. The van der Waals surface area contributed by atoms with Crippen LogP contribution in [0.4, 0.5) is 5.69 Å². The van der Waals surface area contributed by atoms with Gasteiger partial charge in [0, 0.05) is 16.3 Å². The van der Waals surface area contributed by atoms with E-state index in [-0.39, 0.29) is 12.5 Å². The SMILES string of the molecule is Cc1cccc(OCC(=O)Nc2ccc(CSc3ccccc3)cc2)c1. The number of hydrogen-bond acceptors (Lipinski definition) is 3. The molecule has 0 aliphatic carbocycles. The number of nitrogens with one attached hydrogen (secondary N) is 1. The van der Waals surface area contributed by atoms with E-state index in [2.05, 4.69) is 17.4 Å². The summed E-state index contributed by atoms with van der Waals surface area (Å²) in [6, 6.07) is 25.9. The second-order valence-corrected chi connectivity index (χ2v) is 7.00. The maximum atomic E-state index is 12.0. The first kappa shape index (κ1) is 18.1. The van der Waals surface area contributed by atoms with Crippen molar-refractivity contribution in [2.75, 3.05) is 11.9 Å². The van der Waals surface area contributed by atoms with E-state index in [4.69, 9.17) is 4.74 Å². The van der Waals surface area contributed by atoms with Crippen LogP contribution >= 0.6 is 11.8 Å². The molecule has 0 aliphatic rings. The number of carbonyl (C=O) groups excluding carboxylic acids is 1. The lowest BCUT2D eigenvalue weighted by atomic mass is 10.2. The highest BCUT2D eigenvalue weighted by molar-refractivity contribution is 7.98. The molecule has 0 aliphatic heterocycles. The Labute approximate surface area is 158 Å². The van der Waals surface area contributed by atoms with Crippen LogP contribution in [0.2, 0.25) is 0 Å². The van der Waals surface area contributed by atoms with Gasteiger partial charge in [0.15, 0.2) is 6.61 Å². The van der Waals surface area contributed by atoms with Crippen molar-refractivity contribution >= 4 is 23.4 Å². The molecule has 3 rings (SSSR count). The zero-order valence-electron chi connectivity index (χ0n) is 14.6. The number of hydrogen-bond donors (Lipinski definition) is 1. The monoisotopic (exact) mass is 363 g/mol. The summed E-state index contributed by atoms with van der Waals surface area (Å²) in [6.07, 6.45) is 0. The predicted octanol–water partition coefficient (Wildman–Crippen LogP) is 5.30. The van der Waals surface area contributed by atoms with Gasteiger partial charge in [-0.25, -0.2) is 0 Å². The zero-order chi connectivity index (χ0) is 18.2. The molecule has 0 atom stereocenters. The van der Waals surface area contributed by atoms with Crippen molar-refractivity contribution in [1.82, 2.24) is 0 Å². The molecular formula is C22H21NO2S. The summed E-state index contributed by atoms with van der Waals surface area (Å²) >= 11 is 1.79. The van der Waals surface area contributed by atoms with Crippen molar-refractivity contribution in [3.63, 3.8) is 0 Å². The fourth-order valence-corrected chi connectivity index (χ4v) is 3.29. The standard InChI is InChI=1S/C22H21NO2S/c1-17-6-5-7-20(14-17)25-15-22(24)23-19-12-10-18(11-13-19)16-26-21-8-3-2-4-9-21/h2-14H,15-16H2,1H3,(H,23,24). The Morgan fingerprint density at radius 3 is 2.46 bits per heavy atom. The Hall–Kier alpha value is -2.72. The number of aryl methyl sites for hydroxylation is 1. The number of anilines is 1. The molecule has 0 bridgehead atoms. The number of amides is 1. The second-order valence-electron chi connectivity index (χ2n) is 5.95. The summed E-state index contributed by atoms with van der Waals surface area (Å²) in [6.45, 7) is 1.99. The van der Waals surface area contributed by atoms with E-state index in [1.165, 1.54) is 10.5 Å². The molecule has 1 amide bonds. The molecule has 0 radical (unpaired) electrons. The molecule has 4 heteroatoms. The van der Waals surface area contributed by atoms with Gasteiger partial charge in [-0.05, 0) is 54.4 Å². The average molecular weight is 363 g/mol. The van der Waals surface area contributed by atoms with E-state index in [1.807, 2.05) is 73.7 Å². The maximum absolute atomic E-state index is 12.0. The molecule has 0 saturated heterocycles. The van der Waals surface area contributed by atoms with Crippen molar-refractivity contribution in [1.29, 1.82) is 0 Å². The van der Waals surface area contributed by atoms with Crippen molar-refractivity contribution < 1.29 is 9.53 Å². The van der Waals surface area contributed by atoms with Gasteiger partial charge in [-0.15, -0.1) is 11.8 Å². The van der Waals surface area contributed by atoms with Gasteiger partial charge in [0.1, 0.15) is 5.75 Å². The molecule has 1 N–H and O–H groups in total. The summed E-state index contributed by atoms with van der Waals surface area (Å²) in [5, 5.41) is 2.86. The smallest absolute Gasteiger partial charge is 0.262 e. The van der Waals surface area contributed by atoms with Crippen LogP contribution in [0.25, 0.3) is 0 Å². The molecule has 3 aromatic rings. The Balaban J connectivity index is 1.46. The molecule has 0 aromatic heterocycles. The van der Waals surface area contributed by atoms with Gasteiger partial charge < -0.3 is 10.1 Å². The van der Waals surface area contributed by atoms with E-state index in [9.17, 15) is 4.79 Å². The number of rotatable bonds is 7. The molecule has 0 unspecified atom stereocenters. The highest BCUT2D eigenvalue weighted by atomic mass is 32.2. The Morgan fingerprint density at radius 1 is 0.962 bits per heavy atom. The first-order valence-corrected chi connectivity index (χ1v) is 9.44. The number of carbonyl (C=O) groups is 1. The lowest BCUT2D eigenvalue weighted by Crippen LogP contribution is -2.20. The van der Waals surface area contributed by atoms with Crippen molar-refractivity contribution in [3.05, 3.63) is 90.0 Å². The van der Waals surface area contributed by atoms with Gasteiger partial charge in [-0.3, -0.25) is 4.79 Å². The zero-order valence-corrected chi connectivity index (χ0v) is 15.5. The minimum atomic E-state index is -0.169. The average Bonchev–Trinajstić information content (AvgIpc) is 2.67. The van der Waals surface area contributed by atoms with Gasteiger partial charge in [0.05, 0.1) is 0 Å². The van der Waals surface area contributed by atoms with Crippen LogP contribution < -0.4 is 10.1 Å². The van der Waals surface area contributed by atoms with Gasteiger partial charge in [-0.2, -0.15) is 0 Å². The van der Waals surface area contributed by atoms with E-state index in [1.54, 1.807) is 11.8 Å². The van der Waals surface area contributed by atoms with Crippen LogP contribution in [0, 0.1) is 6.92 Å². The molecule has 3 nitrogen and oxygen atoms in total. The number of ether oxygens (including phenoxy) is 1. The van der Waals surface area contributed by atoms with Gasteiger partial charge >= 0.3 is 0 Å². The normalized spacial score (nSPS) is 10.3. The minimum Gasteiger partial charge on any atom is -0.484 e. The Morgan fingerprint density at radius 2 is 1.73 bits per heavy atom. The van der Waals surface area contributed by atoms with E-state index < -0.39 is 0 Å². The summed E-state index contributed by atoms with van der Waals surface area (Å²) in [5.74, 6) is 1.43. The minimum absolute atomic E-state index is 0.00490. The molecule has 0 heterocycles. The number of benzene rings is 3. The van der Waals surface area contributed by atoms with E-state index in [0.717, 1.165) is 17.0 Å². The van der Waals surface area contributed by atoms with Gasteiger partial charge in [0.25, 0.3) is 5.91 Å². The first-order valence-electron chi connectivity index (χ1n) is 8.45. The number of thioether (sulfide) groups is 1. The van der Waals surface area contributed by atoms with E-state index >= 15 is 0 Å². The summed E-state index contributed by atoms with van der Waals surface area (Å²) < 4.78 is 5.52. The van der Waals surface area contributed by atoms with Crippen molar-refractivity contribution in [2.45, 2.75) is 17.6 Å². The van der Waals surface area contributed by atoms with Gasteiger partial charge in [-0.1, -0.05) is 42.5 Å². The fourth-order valence-electron chi connectivity index (χ4n) is 2.42. The summed E-state index contributed by atoms with van der Waals surface area (Å²) in [7, 11) is 0. The Kier molecular flexibility index (Phi) is 6.34. The van der Waals surface area contributed by atoms with Crippen LogP contribution in [-0.4, -0.2) is 12.5 Å². The molecule has 26 heavy (non-hydrogen) atoms. The van der Waals surface area contributed by atoms with Crippen LogP contribution in [0.1, 0.15) is 11.1 Å². The quantitative estimate of drug-likeness (QED) is 0.579. The lowest BCUT2D eigenvalue weighted by molar-refractivity contribution is -0.118. The molecule has 0 fully saturated rings. The highest BCUT2D eigenvalue weighted by Crippen LogP contribution is 2.23. The van der Waals surface area contributed by atoms with Crippen LogP contribution in [-0.2, 0) is 10.5 Å². The largest absolute Gasteiger partial charge is 0.484 e. The third-order valence-corrected chi connectivity index (χ3v) is 4.83. The molecule has 3 aromatic carbocycles. The third-order valence-electron chi connectivity index (χ3n) is 3.75. The highest BCUT2D eigenvalue weighted by Gasteiger charge is 2.04. The maximum Gasteiger partial charge on any atom is 0.262 e. The molecule has 0 saturated carbocycles. The van der Waals surface area contributed by atoms with Crippen LogP contribution in [0.15, 0.2) is 83.8 Å². The van der Waals surface area contributed by atoms with Crippen molar-refractivity contribution in [2.24, 2.45) is 0 Å². The molecule has 0 spiro atoms. The van der Waals surface area contributed by atoms with Crippen LogP contribution in [0.5, 0.6) is 5.75 Å². The lowest BCUT2D eigenvalue weighted by Gasteiger charge is -2.09. The summed E-state index contributed by atoms with van der Waals surface area (Å²) in [5.41, 5.74) is 3.09. The second kappa shape index (κ2) is 9.11. The van der Waals surface area contributed by atoms with E-state index in [0.29, 0.717) is 5.75 Å². The summed E-state index contributed by atoms with van der Waals surface area (Å²) in [4.78, 5) is 13.3. The van der Waals surface area contributed by atoms with Crippen molar-refractivity contribution in [3.8, 4) is 5.75 Å². The molecular weight excluding hydrogens is 342 g/mol. The topological polar surface area (TPSA) is 38.3 Å². The fraction of sp³-hybridized carbons (Fsp3) is 0.136. The first-order chi connectivity index (χ1) is 12.7.